The molecule has 2 fully saturated rings. The Morgan fingerprint density at radius 1 is 1.11 bits per heavy atom. The first kappa shape index (κ1) is 16.3. The van der Waals surface area contributed by atoms with Gasteiger partial charge in [-0.2, -0.15) is 5.10 Å². The van der Waals surface area contributed by atoms with Gasteiger partial charge in [-0.25, -0.2) is 9.67 Å². The predicted octanol–water partition coefficient (Wildman–Crippen LogP) is -0.135. The first-order chi connectivity index (χ1) is 13.1. The van der Waals surface area contributed by atoms with Crippen molar-refractivity contribution >= 4 is 5.91 Å². The topological polar surface area (TPSA) is 103 Å². The molecule has 0 bridgehead atoms. The SMILES string of the molecule is O=C(c1cnccn1)N1C[C@H]2Cn3c(nn(CC4CCC4)c(=O)c3=O)[C@H]2C1. The van der Waals surface area contributed by atoms with Gasteiger partial charge in [-0.1, -0.05) is 6.42 Å². The van der Waals surface area contributed by atoms with E-state index >= 15 is 0 Å². The molecule has 4 heterocycles. The Morgan fingerprint density at radius 2 is 1.96 bits per heavy atom. The van der Waals surface area contributed by atoms with E-state index in [0.29, 0.717) is 43.6 Å². The van der Waals surface area contributed by atoms with Crippen molar-refractivity contribution in [2.45, 2.75) is 38.3 Å². The summed E-state index contributed by atoms with van der Waals surface area (Å²) in [6.45, 7) is 1.96. The summed E-state index contributed by atoms with van der Waals surface area (Å²) < 4.78 is 2.87. The maximum atomic E-state index is 12.6. The Labute approximate surface area is 154 Å². The molecule has 5 rings (SSSR count). The number of rotatable bonds is 3. The van der Waals surface area contributed by atoms with Gasteiger partial charge in [-0.15, -0.1) is 0 Å². The number of carbonyl (C=O) groups excluding carboxylic acids is 1. The van der Waals surface area contributed by atoms with E-state index in [4.69, 9.17) is 0 Å². The van der Waals surface area contributed by atoms with E-state index in [1.54, 1.807) is 4.90 Å². The van der Waals surface area contributed by atoms with Crippen molar-refractivity contribution in [3.8, 4) is 0 Å². The molecule has 1 saturated carbocycles. The molecule has 9 heteroatoms. The highest BCUT2D eigenvalue weighted by atomic mass is 16.2. The standard InChI is InChI=1S/C18H20N6O3/c25-16(14-6-19-4-5-20-14)22-8-12-9-23-15(13(12)10-22)21-24(18(27)17(23)26)7-11-2-1-3-11/h4-6,11-13H,1-3,7-10H2/t12-,13-/m0/s1. The maximum Gasteiger partial charge on any atom is 0.332 e. The van der Waals surface area contributed by atoms with Crippen LogP contribution in [0.4, 0.5) is 0 Å². The van der Waals surface area contributed by atoms with Crippen LogP contribution in [0.1, 0.15) is 41.5 Å². The lowest BCUT2D eigenvalue weighted by molar-refractivity contribution is 0.0776. The molecule has 9 nitrogen and oxygen atoms in total. The zero-order chi connectivity index (χ0) is 18.5. The number of likely N-dealkylation sites (tertiary alicyclic amines) is 1. The molecule has 0 N–H and O–H groups in total. The monoisotopic (exact) mass is 368 g/mol. The third-order valence-corrected chi connectivity index (χ3v) is 6.08. The zero-order valence-electron chi connectivity index (χ0n) is 14.8. The Bertz CT molecular complexity index is 1010. The summed E-state index contributed by atoms with van der Waals surface area (Å²) >= 11 is 0. The molecule has 1 aliphatic carbocycles. The average Bonchev–Trinajstić information content (AvgIpc) is 3.21. The number of carbonyl (C=O) groups is 1. The van der Waals surface area contributed by atoms with Crippen LogP contribution in [0.25, 0.3) is 0 Å². The smallest absolute Gasteiger partial charge is 0.332 e. The molecule has 140 valence electrons. The molecular weight excluding hydrogens is 348 g/mol. The number of nitrogens with zero attached hydrogens (tertiary/aromatic N) is 6. The van der Waals surface area contributed by atoms with Crippen molar-refractivity contribution in [2.24, 2.45) is 11.8 Å². The van der Waals surface area contributed by atoms with Crippen molar-refractivity contribution in [1.29, 1.82) is 0 Å². The second-order valence-corrected chi connectivity index (χ2v) is 7.73. The van der Waals surface area contributed by atoms with E-state index in [2.05, 4.69) is 15.1 Å². The first-order valence-corrected chi connectivity index (χ1v) is 9.39. The van der Waals surface area contributed by atoms with Gasteiger partial charge in [0.1, 0.15) is 11.5 Å². The van der Waals surface area contributed by atoms with Crippen LogP contribution in [0.2, 0.25) is 0 Å². The van der Waals surface area contributed by atoms with Crippen LogP contribution in [0, 0.1) is 11.8 Å². The minimum absolute atomic E-state index is 0.0217. The molecule has 2 aromatic heterocycles. The molecule has 2 atom stereocenters. The van der Waals surface area contributed by atoms with Crippen LogP contribution in [0.15, 0.2) is 28.2 Å². The fraction of sp³-hybridized carbons (Fsp3) is 0.556. The van der Waals surface area contributed by atoms with Crippen molar-refractivity contribution in [2.75, 3.05) is 13.1 Å². The van der Waals surface area contributed by atoms with Crippen molar-refractivity contribution in [3.63, 3.8) is 0 Å². The van der Waals surface area contributed by atoms with Crippen LogP contribution in [-0.4, -0.2) is 48.2 Å². The lowest BCUT2D eigenvalue weighted by Gasteiger charge is -2.25. The average molecular weight is 368 g/mol. The van der Waals surface area contributed by atoms with Crippen molar-refractivity contribution in [3.05, 3.63) is 50.8 Å². The molecule has 0 unspecified atom stereocenters. The van der Waals surface area contributed by atoms with Gasteiger partial charge in [0.05, 0.1) is 6.20 Å². The van der Waals surface area contributed by atoms with Crippen LogP contribution < -0.4 is 11.1 Å². The summed E-state index contributed by atoms with van der Waals surface area (Å²) in [7, 11) is 0. The fourth-order valence-corrected chi connectivity index (χ4v) is 4.37. The third kappa shape index (κ3) is 2.60. The zero-order valence-corrected chi connectivity index (χ0v) is 14.8. The predicted molar refractivity (Wildman–Crippen MR) is 94.3 cm³/mol. The largest absolute Gasteiger partial charge is 0.336 e. The number of fused-ring (bicyclic) bond motifs is 3. The second kappa shape index (κ2) is 6.11. The van der Waals surface area contributed by atoms with Crippen LogP contribution >= 0.6 is 0 Å². The van der Waals surface area contributed by atoms with E-state index < -0.39 is 11.1 Å². The van der Waals surface area contributed by atoms with Gasteiger partial charge in [0, 0.05) is 50.4 Å². The minimum atomic E-state index is -0.530. The highest BCUT2D eigenvalue weighted by molar-refractivity contribution is 5.92. The summed E-state index contributed by atoms with van der Waals surface area (Å²) in [5.74, 6) is 0.997. The van der Waals surface area contributed by atoms with E-state index in [0.717, 1.165) is 12.8 Å². The summed E-state index contributed by atoms with van der Waals surface area (Å²) in [6.07, 6.45) is 7.83. The maximum absolute atomic E-state index is 12.6. The molecule has 2 aliphatic heterocycles. The van der Waals surface area contributed by atoms with Crippen LogP contribution in [-0.2, 0) is 13.1 Å². The van der Waals surface area contributed by atoms with Gasteiger partial charge in [0.25, 0.3) is 5.91 Å². The number of aromatic nitrogens is 5. The minimum Gasteiger partial charge on any atom is -0.336 e. The van der Waals surface area contributed by atoms with Crippen LogP contribution in [0.5, 0.6) is 0 Å². The molecule has 3 aliphatic rings. The van der Waals surface area contributed by atoms with Gasteiger partial charge < -0.3 is 4.90 Å². The van der Waals surface area contributed by atoms with Gasteiger partial charge >= 0.3 is 11.1 Å². The molecule has 0 spiro atoms. The van der Waals surface area contributed by atoms with E-state index in [1.807, 2.05) is 0 Å². The third-order valence-electron chi connectivity index (χ3n) is 6.08. The molecule has 2 aromatic rings. The highest BCUT2D eigenvalue weighted by Gasteiger charge is 2.44. The Morgan fingerprint density at radius 3 is 2.67 bits per heavy atom. The Kier molecular flexibility index (Phi) is 3.70. The van der Waals surface area contributed by atoms with Gasteiger partial charge in [-0.3, -0.25) is 23.9 Å². The van der Waals surface area contributed by atoms with Crippen LogP contribution in [0.3, 0.4) is 0 Å². The molecular formula is C18H20N6O3. The summed E-state index contributed by atoms with van der Waals surface area (Å²) in [5, 5.41) is 4.55. The number of hydrogen-bond acceptors (Lipinski definition) is 6. The molecule has 27 heavy (non-hydrogen) atoms. The fourth-order valence-electron chi connectivity index (χ4n) is 4.37. The lowest BCUT2D eigenvalue weighted by atomic mass is 9.85. The van der Waals surface area contributed by atoms with Crippen molar-refractivity contribution in [1.82, 2.24) is 29.2 Å². The molecule has 0 radical (unpaired) electrons. The van der Waals surface area contributed by atoms with Gasteiger partial charge in [0.15, 0.2) is 0 Å². The number of hydrogen-bond donors (Lipinski definition) is 0. The summed E-state index contributed by atoms with van der Waals surface area (Å²) in [6, 6.07) is 0. The van der Waals surface area contributed by atoms with Gasteiger partial charge in [0.2, 0.25) is 0 Å². The summed E-state index contributed by atoms with van der Waals surface area (Å²) in [5.41, 5.74) is -0.698. The normalized spacial score (nSPS) is 23.8. The second-order valence-electron chi connectivity index (χ2n) is 7.73. The molecule has 0 aromatic carbocycles. The lowest BCUT2D eigenvalue weighted by Crippen LogP contribution is -2.45. The van der Waals surface area contributed by atoms with E-state index in [1.165, 1.54) is 34.3 Å². The first-order valence-electron chi connectivity index (χ1n) is 9.39. The Balaban J connectivity index is 1.43. The quantitative estimate of drug-likeness (QED) is 0.699. The van der Waals surface area contributed by atoms with Gasteiger partial charge in [-0.05, 0) is 18.8 Å². The summed E-state index contributed by atoms with van der Waals surface area (Å²) in [4.78, 5) is 47.3. The van der Waals surface area contributed by atoms with Crippen molar-refractivity contribution < 1.29 is 4.79 Å². The molecule has 1 saturated heterocycles. The number of amides is 1. The Hall–Kier alpha value is -2.84. The highest BCUT2D eigenvalue weighted by Crippen LogP contribution is 2.37. The van der Waals surface area contributed by atoms with E-state index in [9.17, 15) is 14.4 Å². The molecule has 1 amide bonds. The van der Waals surface area contributed by atoms with E-state index in [-0.39, 0.29) is 17.7 Å².